The largest absolute Gasteiger partial charge is 0.417 e. The number of halogens is 2. The molecule has 8 heteroatoms. The van der Waals surface area contributed by atoms with Crippen molar-refractivity contribution >= 4 is 0 Å². The van der Waals surface area contributed by atoms with Gasteiger partial charge in [-0.3, -0.25) is 0 Å². The SMILES string of the molecule is CCc1c(C#N)cnn1-c1nn(C)c(OC(F)F)c1C. The van der Waals surface area contributed by atoms with Crippen LogP contribution in [0.3, 0.4) is 0 Å². The molecular weight excluding hydrogens is 268 g/mol. The quantitative estimate of drug-likeness (QED) is 0.859. The van der Waals surface area contributed by atoms with E-state index >= 15 is 0 Å². The molecular formula is C12H13F2N5O. The first kappa shape index (κ1) is 14.0. The minimum atomic E-state index is -2.92. The number of nitriles is 1. The minimum absolute atomic E-state index is 0.0222. The van der Waals surface area contributed by atoms with Gasteiger partial charge in [-0.1, -0.05) is 6.92 Å². The summed E-state index contributed by atoms with van der Waals surface area (Å²) >= 11 is 0. The molecule has 0 aliphatic carbocycles. The number of nitrogens with zero attached hydrogens (tertiary/aromatic N) is 5. The highest BCUT2D eigenvalue weighted by atomic mass is 19.3. The van der Waals surface area contributed by atoms with Crippen LogP contribution in [-0.4, -0.2) is 26.2 Å². The summed E-state index contributed by atoms with van der Waals surface area (Å²) in [5.74, 6) is 0.354. The molecule has 106 valence electrons. The van der Waals surface area contributed by atoms with Gasteiger partial charge in [0.05, 0.1) is 23.0 Å². The number of rotatable bonds is 4. The first-order valence-corrected chi connectivity index (χ1v) is 5.95. The predicted octanol–water partition coefficient (Wildman–Crippen LogP) is 1.95. The summed E-state index contributed by atoms with van der Waals surface area (Å²) in [5.41, 5.74) is 1.56. The summed E-state index contributed by atoms with van der Waals surface area (Å²) in [7, 11) is 1.51. The van der Waals surface area contributed by atoms with Gasteiger partial charge < -0.3 is 4.74 Å². The Morgan fingerprint density at radius 3 is 2.75 bits per heavy atom. The zero-order valence-electron chi connectivity index (χ0n) is 11.3. The van der Waals surface area contributed by atoms with E-state index in [0.717, 1.165) is 0 Å². The van der Waals surface area contributed by atoms with E-state index in [1.165, 1.54) is 22.6 Å². The van der Waals surface area contributed by atoms with Gasteiger partial charge in [-0.25, -0.2) is 9.36 Å². The smallest absolute Gasteiger partial charge is 0.388 e. The van der Waals surface area contributed by atoms with Crippen LogP contribution in [0.5, 0.6) is 5.88 Å². The molecule has 0 saturated heterocycles. The summed E-state index contributed by atoms with van der Waals surface area (Å²) in [6.45, 7) is 0.575. The second-order valence-corrected chi connectivity index (χ2v) is 4.14. The van der Waals surface area contributed by atoms with Crippen LogP contribution in [0.1, 0.15) is 23.7 Å². The highest BCUT2D eigenvalue weighted by Gasteiger charge is 2.21. The fourth-order valence-electron chi connectivity index (χ4n) is 2.04. The first-order chi connectivity index (χ1) is 9.49. The lowest BCUT2D eigenvalue weighted by atomic mass is 10.2. The van der Waals surface area contributed by atoms with Gasteiger partial charge in [-0.15, -0.1) is 5.10 Å². The third-order valence-electron chi connectivity index (χ3n) is 2.92. The molecule has 0 amide bonds. The van der Waals surface area contributed by atoms with E-state index < -0.39 is 6.61 Å². The third kappa shape index (κ3) is 2.22. The summed E-state index contributed by atoms with van der Waals surface area (Å²) in [5, 5.41) is 17.2. The van der Waals surface area contributed by atoms with E-state index in [4.69, 9.17) is 5.26 Å². The molecule has 0 saturated carbocycles. The molecule has 2 rings (SSSR count). The number of aryl methyl sites for hydroxylation is 1. The minimum Gasteiger partial charge on any atom is -0.417 e. The second kappa shape index (κ2) is 5.28. The molecule has 0 fully saturated rings. The molecule has 0 unspecified atom stereocenters. The average molecular weight is 281 g/mol. The Bertz CT molecular complexity index is 668. The van der Waals surface area contributed by atoms with Crippen molar-refractivity contribution in [1.29, 1.82) is 5.26 Å². The first-order valence-electron chi connectivity index (χ1n) is 5.95. The zero-order chi connectivity index (χ0) is 14.9. The third-order valence-corrected chi connectivity index (χ3v) is 2.92. The Hall–Kier alpha value is -2.43. The van der Waals surface area contributed by atoms with Crippen molar-refractivity contribution in [3.63, 3.8) is 0 Å². The van der Waals surface area contributed by atoms with Crippen molar-refractivity contribution in [2.24, 2.45) is 7.05 Å². The van der Waals surface area contributed by atoms with Crippen LogP contribution >= 0.6 is 0 Å². The maximum absolute atomic E-state index is 12.4. The van der Waals surface area contributed by atoms with Crippen LogP contribution in [-0.2, 0) is 13.5 Å². The lowest BCUT2D eigenvalue weighted by Crippen LogP contribution is -2.06. The normalized spacial score (nSPS) is 10.8. The summed E-state index contributed by atoms with van der Waals surface area (Å²) in [6.07, 6.45) is 2.00. The van der Waals surface area contributed by atoms with Gasteiger partial charge in [0.25, 0.3) is 0 Å². The lowest BCUT2D eigenvalue weighted by molar-refractivity contribution is -0.0557. The molecule has 0 spiro atoms. The van der Waals surface area contributed by atoms with Crippen molar-refractivity contribution in [2.75, 3.05) is 0 Å². The van der Waals surface area contributed by atoms with Crippen LogP contribution < -0.4 is 4.74 Å². The van der Waals surface area contributed by atoms with Gasteiger partial charge in [0, 0.05) is 7.05 Å². The standard InChI is InChI=1S/C12H13F2N5O/c1-4-9-8(5-15)6-16-19(9)10-7(2)11(18(3)17-10)20-12(13)14/h6,12H,4H2,1-3H3. The molecule has 0 atom stereocenters. The van der Waals surface area contributed by atoms with Gasteiger partial charge in [0.1, 0.15) is 6.07 Å². The molecule has 2 heterocycles. The molecule has 0 aliphatic rings. The number of alkyl halides is 2. The van der Waals surface area contributed by atoms with E-state index in [9.17, 15) is 8.78 Å². The Labute approximate surface area is 114 Å². The Morgan fingerprint density at radius 2 is 2.20 bits per heavy atom. The number of hydrogen-bond donors (Lipinski definition) is 0. The van der Waals surface area contributed by atoms with Crippen molar-refractivity contribution in [1.82, 2.24) is 19.6 Å². The van der Waals surface area contributed by atoms with Crippen molar-refractivity contribution in [3.8, 4) is 17.8 Å². The molecule has 0 aliphatic heterocycles. The molecule has 0 N–H and O–H groups in total. The predicted molar refractivity (Wildman–Crippen MR) is 65.8 cm³/mol. The zero-order valence-corrected chi connectivity index (χ0v) is 11.3. The lowest BCUT2D eigenvalue weighted by Gasteiger charge is -2.05. The van der Waals surface area contributed by atoms with Crippen molar-refractivity contribution < 1.29 is 13.5 Å². The van der Waals surface area contributed by atoms with E-state index in [-0.39, 0.29) is 5.88 Å². The molecule has 0 bridgehead atoms. The second-order valence-electron chi connectivity index (χ2n) is 4.14. The molecule has 0 radical (unpaired) electrons. The topological polar surface area (TPSA) is 68.7 Å². The summed E-state index contributed by atoms with van der Waals surface area (Å²) in [6, 6.07) is 2.04. The average Bonchev–Trinajstić information content (AvgIpc) is 2.93. The molecule has 2 aromatic heterocycles. The van der Waals surface area contributed by atoms with Gasteiger partial charge in [-0.2, -0.15) is 19.1 Å². The van der Waals surface area contributed by atoms with Crippen LogP contribution in [0.25, 0.3) is 5.82 Å². The Kier molecular flexibility index (Phi) is 3.70. The van der Waals surface area contributed by atoms with Crippen LogP contribution in [0.4, 0.5) is 8.78 Å². The van der Waals surface area contributed by atoms with Crippen molar-refractivity contribution in [3.05, 3.63) is 23.0 Å². The summed E-state index contributed by atoms with van der Waals surface area (Å²) in [4.78, 5) is 0. The fraction of sp³-hybridized carbons (Fsp3) is 0.417. The van der Waals surface area contributed by atoms with E-state index in [1.54, 1.807) is 6.92 Å². The van der Waals surface area contributed by atoms with Crippen LogP contribution in [0.15, 0.2) is 6.20 Å². The highest BCUT2D eigenvalue weighted by molar-refractivity contribution is 5.44. The summed E-state index contributed by atoms with van der Waals surface area (Å²) < 4.78 is 31.9. The van der Waals surface area contributed by atoms with Gasteiger partial charge in [0.15, 0.2) is 5.82 Å². The maximum atomic E-state index is 12.4. The van der Waals surface area contributed by atoms with Gasteiger partial charge in [-0.05, 0) is 13.3 Å². The molecule has 0 aromatic carbocycles. The van der Waals surface area contributed by atoms with Gasteiger partial charge in [0.2, 0.25) is 5.88 Å². The molecule has 2 aromatic rings. The monoisotopic (exact) mass is 281 g/mol. The Balaban J connectivity index is 2.55. The van der Waals surface area contributed by atoms with E-state index in [0.29, 0.717) is 29.1 Å². The highest BCUT2D eigenvalue weighted by Crippen LogP contribution is 2.26. The van der Waals surface area contributed by atoms with E-state index in [1.807, 2.05) is 13.0 Å². The fourth-order valence-corrected chi connectivity index (χ4v) is 2.04. The van der Waals surface area contributed by atoms with Crippen molar-refractivity contribution in [2.45, 2.75) is 26.9 Å². The van der Waals surface area contributed by atoms with Crippen LogP contribution in [0, 0.1) is 18.3 Å². The number of hydrogen-bond acceptors (Lipinski definition) is 4. The number of aromatic nitrogens is 4. The van der Waals surface area contributed by atoms with Crippen LogP contribution in [0.2, 0.25) is 0 Å². The van der Waals surface area contributed by atoms with E-state index in [2.05, 4.69) is 14.9 Å². The number of ether oxygens (including phenoxy) is 1. The van der Waals surface area contributed by atoms with Gasteiger partial charge >= 0.3 is 6.61 Å². The molecule has 20 heavy (non-hydrogen) atoms. The Morgan fingerprint density at radius 1 is 1.50 bits per heavy atom. The molecule has 6 nitrogen and oxygen atoms in total. The maximum Gasteiger partial charge on any atom is 0.388 e.